The highest BCUT2D eigenvalue weighted by Crippen LogP contribution is 2.30. The molecule has 1 heterocycles. The van der Waals surface area contributed by atoms with E-state index in [1.54, 1.807) is 0 Å². The molecule has 0 bridgehead atoms. The standard InChI is InChI=1S/C21H30N2O4/c1-16-14-27-15-18(17-9-5-3-6-10-17)23(16)13-19(24)22-21(20(25)26-2)11-7-4-8-12-21/h3,5-6,9-10,16,18H,4,7-8,11-15H2,1-2H3,(H,22,24)/t16-,18+/m1/s1. The predicted molar refractivity (Wildman–Crippen MR) is 102 cm³/mol. The van der Waals surface area contributed by atoms with Crippen molar-refractivity contribution < 1.29 is 19.1 Å². The summed E-state index contributed by atoms with van der Waals surface area (Å²) in [6.45, 7) is 3.46. The number of morpholine rings is 1. The van der Waals surface area contributed by atoms with Crippen molar-refractivity contribution in [3.8, 4) is 0 Å². The number of esters is 1. The van der Waals surface area contributed by atoms with Crippen LogP contribution in [0.15, 0.2) is 30.3 Å². The number of nitrogens with zero attached hydrogens (tertiary/aromatic N) is 1. The zero-order chi connectivity index (χ0) is 19.3. The number of rotatable bonds is 5. The Morgan fingerprint density at radius 3 is 2.56 bits per heavy atom. The molecule has 1 aliphatic heterocycles. The summed E-state index contributed by atoms with van der Waals surface area (Å²) in [5.41, 5.74) is 0.263. The minimum absolute atomic E-state index is 0.0288. The van der Waals surface area contributed by atoms with E-state index in [1.807, 2.05) is 18.2 Å². The number of carbonyl (C=O) groups is 2. The molecular formula is C21H30N2O4. The van der Waals surface area contributed by atoms with Gasteiger partial charge in [0.15, 0.2) is 0 Å². The molecule has 1 aromatic carbocycles. The van der Waals surface area contributed by atoms with Gasteiger partial charge in [-0.3, -0.25) is 9.69 Å². The van der Waals surface area contributed by atoms with Gasteiger partial charge in [0.1, 0.15) is 5.54 Å². The highest BCUT2D eigenvalue weighted by molar-refractivity contribution is 5.89. The lowest BCUT2D eigenvalue weighted by atomic mass is 9.81. The summed E-state index contributed by atoms with van der Waals surface area (Å²) >= 11 is 0. The number of hydrogen-bond acceptors (Lipinski definition) is 5. The van der Waals surface area contributed by atoms with E-state index in [9.17, 15) is 9.59 Å². The Hall–Kier alpha value is -1.92. The van der Waals surface area contributed by atoms with Crippen molar-refractivity contribution in [3.63, 3.8) is 0 Å². The molecular weight excluding hydrogens is 344 g/mol. The third-order valence-corrected chi connectivity index (χ3v) is 5.77. The third-order valence-electron chi connectivity index (χ3n) is 5.77. The van der Waals surface area contributed by atoms with Crippen molar-refractivity contribution in [2.24, 2.45) is 0 Å². The van der Waals surface area contributed by atoms with E-state index in [-0.39, 0.29) is 30.5 Å². The van der Waals surface area contributed by atoms with Crippen molar-refractivity contribution in [2.75, 3.05) is 26.9 Å². The first-order valence-corrected chi connectivity index (χ1v) is 9.83. The maximum Gasteiger partial charge on any atom is 0.331 e. The van der Waals surface area contributed by atoms with Crippen molar-refractivity contribution in [1.29, 1.82) is 0 Å². The third kappa shape index (κ3) is 4.50. The van der Waals surface area contributed by atoms with E-state index in [2.05, 4.69) is 29.3 Å². The number of carbonyl (C=O) groups excluding carboxylic acids is 2. The van der Waals surface area contributed by atoms with Gasteiger partial charge in [0.25, 0.3) is 0 Å². The van der Waals surface area contributed by atoms with Gasteiger partial charge < -0.3 is 14.8 Å². The fourth-order valence-electron chi connectivity index (χ4n) is 4.28. The molecule has 1 N–H and O–H groups in total. The van der Waals surface area contributed by atoms with Gasteiger partial charge in [-0.2, -0.15) is 0 Å². The zero-order valence-corrected chi connectivity index (χ0v) is 16.3. The van der Waals surface area contributed by atoms with Crippen LogP contribution < -0.4 is 5.32 Å². The fraction of sp³-hybridized carbons (Fsp3) is 0.619. The summed E-state index contributed by atoms with van der Waals surface area (Å²) in [6.07, 6.45) is 4.23. The lowest BCUT2D eigenvalue weighted by Gasteiger charge is -2.41. The van der Waals surface area contributed by atoms with E-state index in [0.717, 1.165) is 24.8 Å². The lowest BCUT2D eigenvalue weighted by molar-refractivity contribution is -0.153. The predicted octanol–water partition coefficient (Wildman–Crippen LogP) is 2.44. The molecule has 2 fully saturated rings. The summed E-state index contributed by atoms with van der Waals surface area (Å²) in [7, 11) is 1.39. The first-order valence-electron chi connectivity index (χ1n) is 9.83. The first kappa shape index (κ1) is 19.8. The van der Waals surface area contributed by atoms with Gasteiger partial charge in [0.05, 0.1) is 32.9 Å². The second-order valence-corrected chi connectivity index (χ2v) is 7.67. The van der Waals surface area contributed by atoms with Crippen molar-refractivity contribution in [1.82, 2.24) is 10.2 Å². The zero-order valence-electron chi connectivity index (χ0n) is 16.3. The molecule has 0 spiro atoms. The number of hydrogen-bond donors (Lipinski definition) is 1. The van der Waals surface area contributed by atoms with Gasteiger partial charge in [-0.1, -0.05) is 49.6 Å². The lowest BCUT2D eigenvalue weighted by Crippen LogP contribution is -2.59. The van der Waals surface area contributed by atoms with Crippen LogP contribution in [0.1, 0.15) is 50.6 Å². The van der Waals surface area contributed by atoms with E-state index in [0.29, 0.717) is 26.1 Å². The first-order chi connectivity index (χ1) is 13.1. The van der Waals surface area contributed by atoms with Gasteiger partial charge in [-0.15, -0.1) is 0 Å². The van der Waals surface area contributed by atoms with Gasteiger partial charge in [-0.25, -0.2) is 4.79 Å². The van der Waals surface area contributed by atoms with Crippen LogP contribution in [0.25, 0.3) is 0 Å². The maximum atomic E-state index is 12.9. The van der Waals surface area contributed by atoms with Crippen molar-refractivity contribution in [2.45, 2.75) is 56.7 Å². The molecule has 1 amide bonds. The number of nitrogens with one attached hydrogen (secondary N) is 1. The molecule has 6 heteroatoms. The topological polar surface area (TPSA) is 67.9 Å². The summed E-state index contributed by atoms with van der Waals surface area (Å²) in [6, 6.07) is 10.3. The van der Waals surface area contributed by atoms with Gasteiger partial charge >= 0.3 is 5.97 Å². The molecule has 6 nitrogen and oxygen atoms in total. The van der Waals surface area contributed by atoms with E-state index >= 15 is 0 Å². The van der Waals surface area contributed by atoms with Gasteiger partial charge in [-0.05, 0) is 25.3 Å². The summed E-state index contributed by atoms with van der Waals surface area (Å²) in [5, 5.41) is 3.03. The maximum absolute atomic E-state index is 12.9. The number of benzene rings is 1. The molecule has 3 rings (SSSR count). The molecule has 1 saturated carbocycles. The molecule has 2 aliphatic rings. The van der Waals surface area contributed by atoms with Crippen LogP contribution in [0.2, 0.25) is 0 Å². The molecule has 27 heavy (non-hydrogen) atoms. The van der Waals surface area contributed by atoms with Crippen LogP contribution in [-0.4, -0.2) is 55.2 Å². The molecule has 1 aromatic rings. The Bertz CT molecular complexity index is 643. The minimum Gasteiger partial charge on any atom is -0.467 e. The van der Waals surface area contributed by atoms with E-state index < -0.39 is 5.54 Å². The highest BCUT2D eigenvalue weighted by atomic mass is 16.5. The van der Waals surface area contributed by atoms with Crippen LogP contribution in [0.4, 0.5) is 0 Å². The van der Waals surface area contributed by atoms with Crippen molar-refractivity contribution >= 4 is 11.9 Å². The summed E-state index contributed by atoms with van der Waals surface area (Å²) in [4.78, 5) is 27.5. The van der Waals surface area contributed by atoms with Crippen molar-refractivity contribution in [3.05, 3.63) is 35.9 Å². The average molecular weight is 374 g/mol. The average Bonchev–Trinajstić information content (AvgIpc) is 2.70. The van der Waals surface area contributed by atoms with Gasteiger partial charge in [0, 0.05) is 6.04 Å². The van der Waals surface area contributed by atoms with Crippen LogP contribution in [-0.2, 0) is 19.1 Å². The normalized spacial score (nSPS) is 25.6. The number of methoxy groups -OCH3 is 1. The molecule has 0 radical (unpaired) electrons. The van der Waals surface area contributed by atoms with Crippen LogP contribution in [0, 0.1) is 0 Å². The second kappa shape index (κ2) is 8.85. The minimum atomic E-state index is -0.873. The quantitative estimate of drug-likeness (QED) is 0.802. The van der Waals surface area contributed by atoms with E-state index in [4.69, 9.17) is 9.47 Å². The highest BCUT2D eigenvalue weighted by Gasteiger charge is 2.42. The molecule has 1 saturated heterocycles. The fourth-order valence-corrected chi connectivity index (χ4v) is 4.28. The second-order valence-electron chi connectivity index (χ2n) is 7.67. The number of amides is 1. The largest absolute Gasteiger partial charge is 0.467 e. The summed E-state index contributed by atoms with van der Waals surface area (Å²) < 4.78 is 10.7. The Morgan fingerprint density at radius 1 is 1.19 bits per heavy atom. The Balaban J connectivity index is 1.73. The van der Waals surface area contributed by atoms with Crippen LogP contribution in [0.5, 0.6) is 0 Å². The monoisotopic (exact) mass is 374 g/mol. The van der Waals surface area contributed by atoms with Crippen LogP contribution in [0.3, 0.4) is 0 Å². The Morgan fingerprint density at radius 2 is 1.89 bits per heavy atom. The Kier molecular flexibility index (Phi) is 6.50. The molecule has 0 aromatic heterocycles. The summed E-state index contributed by atoms with van der Waals surface area (Å²) in [5.74, 6) is -0.456. The molecule has 148 valence electrons. The molecule has 2 atom stereocenters. The Labute approximate surface area is 161 Å². The molecule has 0 unspecified atom stereocenters. The van der Waals surface area contributed by atoms with Gasteiger partial charge in [0.2, 0.25) is 5.91 Å². The smallest absolute Gasteiger partial charge is 0.331 e. The SMILES string of the molecule is COC(=O)C1(NC(=O)CN2[C@H](C)COC[C@H]2c2ccccc2)CCCCC1. The molecule has 1 aliphatic carbocycles. The van der Waals surface area contributed by atoms with Crippen LogP contribution >= 0.6 is 0 Å². The van der Waals surface area contributed by atoms with E-state index in [1.165, 1.54) is 7.11 Å². The number of ether oxygens (including phenoxy) is 2.